The smallest absolute Gasteiger partial charge is 0.237 e. The van der Waals surface area contributed by atoms with E-state index in [0.717, 1.165) is 51.6 Å². The van der Waals surface area contributed by atoms with E-state index in [1.165, 1.54) is 17.5 Å². The Bertz CT molecular complexity index is 942. The fraction of sp³-hybridized carbons (Fsp3) is 0.652. The summed E-state index contributed by atoms with van der Waals surface area (Å²) in [6.07, 6.45) is 9.22. The molecule has 30 heavy (non-hydrogen) atoms. The zero-order valence-corrected chi connectivity index (χ0v) is 17.6. The van der Waals surface area contributed by atoms with Crippen LogP contribution in [0.4, 0.5) is 0 Å². The molecule has 0 spiro atoms. The number of nitrogens with zero attached hydrogens (tertiary/aromatic N) is 5. The monoisotopic (exact) mass is 406 g/mol. The normalized spacial score (nSPS) is 35.8. The Kier molecular flexibility index (Phi) is 4.07. The fourth-order valence-electron chi connectivity index (χ4n) is 7.36. The summed E-state index contributed by atoms with van der Waals surface area (Å²) in [5.74, 6) is 1.47. The first kappa shape index (κ1) is 18.5. The highest BCUT2D eigenvalue weighted by Crippen LogP contribution is 2.60. The van der Waals surface area contributed by atoms with Crippen LogP contribution in [0.3, 0.4) is 0 Å². The Labute approximate surface area is 177 Å². The average Bonchev–Trinajstić information content (AvgIpc) is 3.27. The summed E-state index contributed by atoms with van der Waals surface area (Å²) in [5.41, 5.74) is 2.59. The van der Waals surface area contributed by atoms with Crippen LogP contribution in [0.1, 0.15) is 56.6 Å². The van der Waals surface area contributed by atoms with Crippen LogP contribution >= 0.6 is 0 Å². The van der Waals surface area contributed by atoms with Gasteiger partial charge in [0.15, 0.2) is 6.33 Å². The van der Waals surface area contributed by atoms with Crippen LogP contribution < -0.4 is 5.32 Å². The van der Waals surface area contributed by atoms with Gasteiger partial charge in [-0.15, -0.1) is 10.2 Å². The predicted octanol–water partition coefficient (Wildman–Crippen LogP) is 2.28. The van der Waals surface area contributed by atoms with Crippen LogP contribution in [0.5, 0.6) is 0 Å². The zero-order valence-electron chi connectivity index (χ0n) is 17.6. The van der Waals surface area contributed by atoms with Gasteiger partial charge in [0, 0.05) is 18.6 Å². The molecule has 1 aliphatic heterocycles. The van der Waals surface area contributed by atoms with Crippen molar-refractivity contribution in [1.29, 1.82) is 0 Å². The maximum atomic E-state index is 13.4. The van der Waals surface area contributed by atoms with Gasteiger partial charge in [-0.1, -0.05) is 24.3 Å². The summed E-state index contributed by atoms with van der Waals surface area (Å²) in [6.45, 7) is 3.87. The van der Waals surface area contributed by atoms with Crippen molar-refractivity contribution in [2.24, 2.45) is 11.8 Å². The molecule has 7 heteroatoms. The number of rotatable bonds is 4. The third kappa shape index (κ3) is 2.89. The van der Waals surface area contributed by atoms with Gasteiger partial charge in [0.25, 0.3) is 0 Å². The molecule has 1 N–H and O–H groups in total. The molecule has 5 aliphatic rings. The molecule has 7 rings (SSSR count). The molecule has 3 atom stereocenters. The van der Waals surface area contributed by atoms with Crippen molar-refractivity contribution in [3.8, 4) is 0 Å². The van der Waals surface area contributed by atoms with E-state index in [1.54, 1.807) is 6.33 Å². The van der Waals surface area contributed by atoms with Gasteiger partial charge in [0.1, 0.15) is 0 Å². The number of tetrazole rings is 1. The van der Waals surface area contributed by atoms with Crippen molar-refractivity contribution in [3.05, 3.63) is 41.7 Å². The third-order valence-corrected chi connectivity index (χ3v) is 8.28. The van der Waals surface area contributed by atoms with Gasteiger partial charge >= 0.3 is 0 Å². The highest BCUT2D eigenvalue weighted by atomic mass is 16.2. The van der Waals surface area contributed by atoms with Crippen LogP contribution in [-0.4, -0.2) is 49.1 Å². The van der Waals surface area contributed by atoms with Gasteiger partial charge in [0.05, 0.1) is 11.6 Å². The van der Waals surface area contributed by atoms with Gasteiger partial charge in [-0.05, 0) is 80.0 Å². The zero-order chi connectivity index (χ0) is 20.3. The number of carbonyl (C=O) groups excluding carboxylic acids is 1. The van der Waals surface area contributed by atoms with E-state index in [4.69, 9.17) is 0 Å². The molecular weight excluding hydrogens is 376 g/mol. The number of carbonyl (C=O) groups is 1. The summed E-state index contributed by atoms with van der Waals surface area (Å²) in [6, 6.07) is 8.49. The number of hydrogen-bond acceptors (Lipinski definition) is 5. The lowest BCUT2D eigenvalue weighted by molar-refractivity contribution is -0.136. The number of hydrogen-bond donors (Lipinski definition) is 1. The Hall–Kier alpha value is -2.28. The molecule has 0 radical (unpaired) electrons. The van der Waals surface area contributed by atoms with Crippen LogP contribution in [0.15, 0.2) is 30.6 Å². The molecule has 1 aromatic carbocycles. The summed E-state index contributed by atoms with van der Waals surface area (Å²) in [7, 11) is 0. The summed E-state index contributed by atoms with van der Waals surface area (Å²) in [5, 5.41) is 16.2. The van der Waals surface area contributed by atoms with Crippen LogP contribution in [0.25, 0.3) is 0 Å². The first-order valence-electron chi connectivity index (χ1n) is 11.4. The molecule has 4 bridgehead atoms. The quantitative estimate of drug-likeness (QED) is 0.843. The molecule has 1 aromatic heterocycles. The standard InChI is InChI=1S/C23H30N6O/c1-16(28-7-6-19-4-2-3-5-20(19)13-28)21(30)26-22-9-17-8-18(10-22)12-23(11-17,14-22)29-25-15-24-27-29/h2-5,15-18H,6-14H2,1H3,(H,26,30). The lowest BCUT2D eigenvalue weighted by Gasteiger charge is -2.61. The van der Waals surface area contributed by atoms with Crippen molar-refractivity contribution >= 4 is 5.91 Å². The molecule has 4 aliphatic carbocycles. The molecular formula is C23H30N6O. The Morgan fingerprint density at radius 3 is 2.67 bits per heavy atom. The van der Waals surface area contributed by atoms with E-state index in [0.29, 0.717) is 11.8 Å². The largest absolute Gasteiger partial charge is 0.349 e. The first-order chi connectivity index (χ1) is 14.5. The van der Waals surface area contributed by atoms with E-state index >= 15 is 0 Å². The number of aromatic nitrogens is 4. The minimum atomic E-state index is -0.119. The SMILES string of the molecule is CC(C(=O)NC12CC3CC(C1)CC(n1ncnn1)(C3)C2)N1CCc2ccccc2C1. The van der Waals surface area contributed by atoms with Gasteiger partial charge < -0.3 is 5.32 Å². The van der Waals surface area contributed by atoms with E-state index < -0.39 is 0 Å². The van der Waals surface area contributed by atoms with E-state index in [-0.39, 0.29) is 23.0 Å². The van der Waals surface area contributed by atoms with Crippen LogP contribution in [0.2, 0.25) is 0 Å². The van der Waals surface area contributed by atoms with E-state index in [1.807, 2.05) is 4.80 Å². The number of amides is 1. The predicted molar refractivity (Wildman–Crippen MR) is 111 cm³/mol. The van der Waals surface area contributed by atoms with Crippen LogP contribution in [0, 0.1) is 11.8 Å². The Morgan fingerprint density at radius 1 is 1.17 bits per heavy atom. The molecule has 1 amide bonds. The Balaban J connectivity index is 1.20. The fourth-order valence-corrected chi connectivity index (χ4v) is 7.36. The van der Waals surface area contributed by atoms with Gasteiger partial charge in [-0.25, -0.2) is 0 Å². The van der Waals surface area contributed by atoms with E-state index in [9.17, 15) is 4.79 Å². The van der Waals surface area contributed by atoms with Crippen molar-refractivity contribution in [3.63, 3.8) is 0 Å². The van der Waals surface area contributed by atoms with Crippen LogP contribution in [-0.2, 0) is 23.3 Å². The molecule has 4 fully saturated rings. The summed E-state index contributed by atoms with van der Waals surface area (Å²) >= 11 is 0. The molecule has 0 saturated heterocycles. The van der Waals surface area contributed by atoms with Crippen molar-refractivity contribution in [2.75, 3.05) is 6.54 Å². The average molecular weight is 407 g/mol. The van der Waals surface area contributed by atoms with Crippen molar-refractivity contribution < 1.29 is 4.79 Å². The maximum Gasteiger partial charge on any atom is 0.237 e. The maximum absolute atomic E-state index is 13.4. The third-order valence-electron chi connectivity index (χ3n) is 8.28. The molecule has 158 valence electrons. The van der Waals surface area contributed by atoms with Crippen molar-refractivity contribution in [2.45, 2.75) is 75.5 Å². The van der Waals surface area contributed by atoms with E-state index in [2.05, 4.69) is 56.8 Å². The molecule has 2 heterocycles. The lowest BCUT2D eigenvalue weighted by atomic mass is 9.50. The highest BCUT2D eigenvalue weighted by Gasteiger charge is 2.60. The molecule has 3 unspecified atom stereocenters. The second kappa shape index (κ2) is 6.61. The Morgan fingerprint density at radius 2 is 1.93 bits per heavy atom. The minimum Gasteiger partial charge on any atom is -0.349 e. The highest BCUT2D eigenvalue weighted by molar-refractivity contribution is 5.82. The summed E-state index contributed by atoms with van der Waals surface area (Å²) in [4.78, 5) is 17.6. The minimum absolute atomic E-state index is 0.0683. The topological polar surface area (TPSA) is 75.9 Å². The first-order valence-corrected chi connectivity index (χ1v) is 11.4. The number of benzene rings is 1. The number of fused-ring (bicyclic) bond motifs is 1. The lowest BCUT2D eigenvalue weighted by Crippen LogP contribution is -2.67. The second-order valence-corrected chi connectivity index (χ2v) is 10.3. The molecule has 4 saturated carbocycles. The summed E-state index contributed by atoms with van der Waals surface area (Å²) < 4.78 is 0. The molecule has 2 aromatic rings. The van der Waals surface area contributed by atoms with Gasteiger partial charge in [-0.3, -0.25) is 9.69 Å². The molecule has 7 nitrogen and oxygen atoms in total. The van der Waals surface area contributed by atoms with Gasteiger partial charge in [0.2, 0.25) is 5.91 Å². The van der Waals surface area contributed by atoms with Gasteiger partial charge in [-0.2, -0.15) is 4.80 Å². The number of nitrogens with one attached hydrogen (secondary N) is 1. The second-order valence-electron chi connectivity index (χ2n) is 10.3. The van der Waals surface area contributed by atoms with Crippen molar-refractivity contribution in [1.82, 2.24) is 30.4 Å².